The molecule has 1 heterocycles. The summed E-state index contributed by atoms with van der Waals surface area (Å²) in [5, 5.41) is 0. The monoisotopic (exact) mass is 284 g/mol. The van der Waals surface area contributed by atoms with E-state index in [0.717, 1.165) is 19.3 Å². The quantitative estimate of drug-likeness (QED) is 0.389. The van der Waals surface area contributed by atoms with E-state index in [1.165, 1.54) is 0 Å². The molecule has 1 aliphatic heterocycles. The van der Waals surface area contributed by atoms with Gasteiger partial charge in [-0.3, -0.25) is 14.4 Å². The van der Waals surface area contributed by atoms with Crippen LogP contribution < -0.4 is 0 Å². The maximum Gasteiger partial charge on any atom is 0.317 e. The Bertz CT molecular complexity index is 363. The number of carbonyl (C=O) groups excluding carboxylic acids is 3. The molecule has 20 heavy (non-hydrogen) atoms. The molecule has 3 unspecified atom stereocenters. The number of rotatable bonds is 8. The third-order valence-corrected chi connectivity index (χ3v) is 3.73. The summed E-state index contributed by atoms with van der Waals surface area (Å²) in [5.41, 5.74) is 0. The second kappa shape index (κ2) is 8.02. The van der Waals surface area contributed by atoms with Gasteiger partial charge < -0.3 is 9.47 Å². The topological polar surface area (TPSA) is 69.7 Å². The molecular weight excluding hydrogens is 260 g/mol. The average Bonchev–Trinajstić information content (AvgIpc) is 2.64. The molecule has 0 radical (unpaired) electrons. The molecule has 3 atom stereocenters. The third kappa shape index (κ3) is 4.32. The van der Waals surface area contributed by atoms with Gasteiger partial charge in [-0.15, -0.1) is 0 Å². The highest BCUT2D eigenvalue weighted by Gasteiger charge is 2.43. The summed E-state index contributed by atoms with van der Waals surface area (Å²) in [4.78, 5) is 35.0. The van der Waals surface area contributed by atoms with Gasteiger partial charge in [0.05, 0.1) is 24.4 Å². The van der Waals surface area contributed by atoms with Crippen LogP contribution in [0.5, 0.6) is 0 Å². The molecule has 1 saturated heterocycles. The lowest BCUT2D eigenvalue weighted by atomic mass is 9.85. The summed E-state index contributed by atoms with van der Waals surface area (Å²) < 4.78 is 9.84. The molecule has 1 rings (SSSR count). The zero-order valence-electron chi connectivity index (χ0n) is 12.5. The van der Waals surface area contributed by atoms with Crippen molar-refractivity contribution in [3.05, 3.63) is 0 Å². The molecule has 114 valence electrons. The number of unbranched alkanes of at least 4 members (excludes halogenated alkanes) is 1. The first-order valence-corrected chi connectivity index (χ1v) is 7.43. The maximum atomic E-state index is 12.0. The lowest BCUT2D eigenvalue weighted by molar-refractivity contribution is -0.154. The van der Waals surface area contributed by atoms with Gasteiger partial charge in [0.15, 0.2) is 0 Å². The Morgan fingerprint density at radius 3 is 2.45 bits per heavy atom. The van der Waals surface area contributed by atoms with Crippen molar-refractivity contribution >= 4 is 17.9 Å². The molecular formula is C15H24O5. The Balaban J connectivity index is 2.60. The molecule has 0 aromatic carbocycles. The number of hydrogen-bond donors (Lipinski definition) is 0. The van der Waals surface area contributed by atoms with Crippen LogP contribution in [0.2, 0.25) is 0 Å². The number of cyclic esters (lactones) is 2. The number of carbonyl (C=O) groups is 3. The Hall–Kier alpha value is -1.39. The van der Waals surface area contributed by atoms with E-state index in [4.69, 9.17) is 4.74 Å². The highest BCUT2D eigenvalue weighted by Crippen LogP contribution is 2.31. The maximum absolute atomic E-state index is 12.0. The summed E-state index contributed by atoms with van der Waals surface area (Å²) in [6.07, 6.45) is 3.63. The van der Waals surface area contributed by atoms with Gasteiger partial charge in [-0.25, -0.2) is 0 Å². The van der Waals surface area contributed by atoms with E-state index in [-0.39, 0.29) is 11.9 Å². The summed E-state index contributed by atoms with van der Waals surface area (Å²) in [7, 11) is 0. The van der Waals surface area contributed by atoms with Crippen LogP contribution in [0.1, 0.15) is 52.9 Å². The Morgan fingerprint density at radius 1 is 1.25 bits per heavy atom. The van der Waals surface area contributed by atoms with Crippen LogP contribution in [0.4, 0.5) is 0 Å². The standard InChI is InChI=1S/C15H24O5/c1-4-6-8-19-14(17)11(7-5-2)9-12-10(3)13(16)20-15(12)18/h10-12H,4-9H2,1-3H3. The second-order valence-corrected chi connectivity index (χ2v) is 5.38. The van der Waals surface area contributed by atoms with Gasteiger partial charge >= 0.3 is 17.9 Å². The van der Waals surface area contributed by atoms with Gasteiger partial charge in [0.1, 0.15) is 0 Å². The molecule has 1 aliphatic rings. The second-order valence-electron chi connectivity index (χ2n) is 5.38. The van der Waals surface area contributed by atoms with Crippen molar-refractivity contribution in [2.24, 2.45) is 17.8 Å². The van der Waals surface area contributed by atoms with Gasteiger partial charge in [-0.2, -0.15) is 0 Å². The van der Waals surface area contributed by atoms with Crippen molar-refractivity contribution < 1.29 is 23.9 Å². The molecule has 0 bridgehead atoms. The zero-order chi connectivity index (χ0) is 15.1. The number of hydrogen-bond acceptors (Lipinski definition) is 5. The average molecular weight is 284 g/mol. The van der Waals surface area contributed by atoms with Crippen LogP contribution in [0.3, 0.4) is 0 Å². The van der Waals surface area contributed by atoms with E-state index in [0.29, 0.717) is 19.4 Å². The van der Waals surface area contributed by atoms with Crippen molar-refractivity contribution in [3.8, 4) is 0 Å². The molecule has 0 aliphatic carbocycles. The molecule has 0 aromatic rings. The first-order valence-electron chi connectivity index (χ1n) is 7.43. The number of ether oxygens (including phenoxy) is 2. The van der Waals surface area contributed by atoms with Crippen LogP contribution in [0.15, 0.2) is 0 Å². The largest absolute Gasteiger partial charge is 0.465 e. The summed E-state index contributed by atoms with van der Waals surface area (Å²) >= 11 is 0. The molecule has 0 saturated carbocycles. The smallest absolute Gasteiger partial charge is 0.317 e. The molecule has 5 heteroatoms. The SMILES string of the molecule is CCCCOC(=O)C(CCC)CC1C(=O)OC(=O)C1C. The van der Waals surface area contributed by atoms with Crippen molar-refractivity contribution in [3.63, 3.8) is 0 Å². The summed E-state index contributed by atoms with van der Waals surface area (Å²) in [5.74, 6) is -2.58. The fourth-order valence-corrected chi connectivity index (χ4v) is 2.36. The summed E-state index contributed by atoms with van der Waals surface area (Å²) in [6, 6.07) is 0. The first-order chi connectivity index (χ1) is 9.51. The van der Waals surface area contributed by atoms with E-state index in [2.05, 4.69) is 4.74 Å². The van der Waals surface area contributed by atoms with Gasteiger partial charge in [-0.1, -0.05) is 33.6 Å². The fourth-order valence-electron chi connectivity index (χ4n) is 2.36. The van der Waals surface area contributed by atoms with Crippen LogP contribution in [0.25, 0.3) is 0 Å². The van der Waals surface area contributed by atoms with E-state index in [1.807, 2.05) is 13.8 Å². The van der Waals surface area contributed by atoms with Crippen LogP contribution in [-0.2, 0) is 23.9 Å². The predicted octanol–water partition coefficient (Wildman–Crippen LogP) is 2.47. The van der Waals surface area contributed by atoms with Crippen LogP contribution in [-0.4, -0.2) is 24.5 Å². The minimum Gasteiger partial charge on any atom is -0.465 e. The Kier molecular flexibility index (Phi) is 6.68. The molecule has 0 amide bonds. The normalized spacial score (nSPS) is 23.6. The van der Waals surface area contributed by atoms with Crippen molar-refractivity contribution in [1.82, 2.24) is 0 Å². The molecule has 0 N–H and O–H groups in total. The van der Waals surface area contributed by atoms with Gasteiger partial charge in [0.25, 0.3) is 0 Å². The predicted molar refractivity (Wildman–Crippen MR) is 72.6 cm³/mol. The van der Waals surface area contributed by atoms with E-state index in [1.54, 1.807) is 6.92 Å². The van der Waals surface area contributed by atoms with E-state index >= 15 is 0 Å². The Labute approximate surface area is 120 Å². The lowest BCUT2D eigenvalue weighted by Crippen LogP contribution is -2.25. The van der Waals surface area contributed by atoms with Crippen LogP contribution in [0, 0.1) is 17.8 Å². The van der Waals surface area contributed by atoms with Crippen molar-refractivity contribution in [2.45, 2.75) is 52.9 Å². The minimum atomic E-state index is -0.516. The molecule has 0 aromatic heterocycles. The Morgan fingerprint density at radius 2 is 1.95 bits per heavy atom. The fraction of sp³-hybridized carbons (Fsp3) is 0.800. The highest BCUT2D eigenvalue weighted by atomic mass is 16.6. The zero-order valence-corrected chi connectivity index (χ0v) is 12.5. The lowest BCUT2D eigenvalue weighted by Gasteiger charge is -2.18. The first kappa shape index (κ1) is 16.7. The number of esters is 3. The molecule has 0 spiro atoms. The molecule has 5 nitrogen and oxygen atoms in total. The molecule has 1 fully saturated rings. The van der Waals surface area contributed by atoms with Crippen LogP contribution >= 0.6 is 0 Å². The van der Waals surface area contributed by atoms with Gasteiger partial charge in [-0.05, 0) is 19.3 Å². The van der Waals surface area contributed by atoms with Crippen molar-refractivity contribution in [2.75, 3.05) is 6.61 Å². The third-order valence-electron chi connectivity index (χ3n) is 3.73. The summed E-state index contributed by atoms with van der Waals surface area (Å²) in [6.45, 7) is 6.09. The highest BCUT2D eigenvalue weighted by molar-refractivity contribution is 5.96. The van der Waals surface area contributed by atoms with E-state index in [9.17, 15) is 14.4 Å². The van der Waals surface area contributed by atoms with Gasteiger partial charge in [0.2, 0.25) is 0 Å². The minimum absolute atomic E-state index is 0.264. The van der Waals surface area contributed by atoms with E-state index < -0.39 is 23.8 Å². The van der Waals surface area contributed by atoms with Crippen molar-refractivity contribution in [1.29, 1.82) is 0 Å². The van der Waals surface area contributed by atoms with Gasteiger partial charge in [0, 0.05) is 0 Å².